The number of benzene rings is 2. The van der Waals surface area contributed by atoms with Crippen LogP contribution >= 0.6 is 7.82 Å². The van der Waals surface area contributed by atoms with Crippen LogP contribution in [0.3, 0.4) is 0 Å². The van der Waals surface area contributed by atoms with Crippen molar-refractivity contribution in [2.75, 3.05) is 13.2 Å². The lowest BCUT2D eigenvalue weighted by atomic mass is 9.96. The number of rotatable bonds is 9. The molecular weight excluding hydrogens is 436 g/mol. The second-order valence-electron chi connectivity index (χ2n) is 7.52. The number of phosphoric ester groups is 1. The monoisotopic (exact) mass is 460 g/mol. The highest BCUT2D eigenvalue weighted by atomic mass is 31.2. The van der Waals surface area contributed by atoms with E-state index in [1.165, 1.54) is 12.1 Å². The van der Waals surface area contributed by atoms with Gasteiger partial charge in [-0.15, -0.1) is 13.2 Å². The van der Waals surface area contributed by atoms with E-state index in [1.807, 2.05) is 24.3 Å². The summed E-state index contributed by atoms with van der Waals surface area (Å²) in [6.45, 7) is 0.440. The number of phosphoric acid groups is 1. The molecule has 0 saturated heterocycles. The highest BCUT2D eigenvalue weighted by molar-refractivity contribution is 7.46. The van der Waals surface area contributed by atoms with Gasteiger partial charge in [-0.3, -0.25) is 4.52 Å². The van der Waals surface area contributed by atoms with Crippen LogP contribution in [0.4, 0.5) is 13.2 Å². The summed E-state index contributed by atoms with van der Waals surface area (Å²) in [5.41, 5.74) is 1.98. The minimum absolute atomic E-state index is 0.0608. The summed E-state index contributed by atoms with van der Waals surface area (Å²) < 4.78 is 61.5. The van der Waals surface area contributed by atoms with E-state index in [0.29, 0.717) is 24.7 Å². The van der Waals surface area contributed by atoms with Gasteiger partial charge in [0.15, 0.2) is 0 Å². The first-order valence-corrected chi connectivity index (χ1v) is 11.4. The maximum Gasteiger partial charge on any atom is 0.573 e. The Kier molecular flexibility index (Phi) is 7.64. The normalized spacial score (nSPS) is 19.4. The molecule has 1 fully saturated rings. The van der Waals surface area contributed by atoms with Crippen molar-refractivity contribution in [3.8, 4) is 11.5 Å². The van der Waals surface area contributed by atoms with E-state index in [2.05, 4.69) is 9.26 Å². The molecule has 0 aromatic heterocycles. The molecule has 0 bridgehead atoms. The Morgan fingerprint density at radius 2 is 1.61 bits per heavy atom. The lowest BCUT2D eigenvalue weighted by molar-refractivity contribution is -0.274. The van der Waals surface area contributed by atoms with Crippen molar-refractivity contribution >= 4 is 7.82 Å². The van der Waals surface area contributed by atoms with Crippen LogP contribution in [0.5, 0.6) is 11.5 Å². The molecule has 2 aromatic rings. The number of hydrogen-bond donors (Lipinski definition) is 2. The van der Waals surface area contributed by atoms with E-state index in [-0.39, 0.29) is 18.3 Å². The molecule has 0 amide bonds. The van der Waals surface area contributed by atoms with Crippen molar-refractivity contribution in [2.45, 2.75) is 38.0 Å². The van der Waals surface area contributed by atoms with Gasteiger partial charge < -0.3 is 19.3 Å². The Balaban J connectivity index is 1.42. The Bertz CT molecular complexity index is 879. The minimum Gasteiger partial charge on any atom is -0.493 e. The third kappa shape index (κ3) is 8.18. The Hall–Kier alpha value is -2.06. The van der Waals surface area contributed by atoms with Gasteiger partial charge in [-0.2, -0.15) is 0 Å². The summed E-state index contributed by atoms with van der Waals surface area (Å²) in [6, 6.07) is 13.4. The van der Waals surface area contributed by atoms with Gasteiger partial charge in [0.25, 0.3) is 0 Å². The highest BCUT2D eigenvalue weighted by Gasteiger charge is 2.31. The molecule has 2 atom stereocenters. The lowest BCUT2D eigenvalue weighted by Crippen LogP contribution is -2.17. The predicted octanol–water partition coefficient (Wildman–Crippen LogP) is 5.20. The van der Waals surface area contributed by atoms with E-state index in [4.69, 9.17) is 14.5 Å². The summed E-state index contributed by atoms with van der Waals surface area (Å²) >= 11 is 0. The molecule has 31 heavy (non-hydrogen) atoms. The van der Waals surface area contributed by atoms with Crippen LogP contribution in [-0.2, 0) is 15.5 Å². The third-order valence-corrected chi connectivity index (χ3v) is 5.67. The van der Waals surface area contributed by atoms with Crippen LogP contribution in [0.15, 0.2) is 48.5 Å². The zero-order chi connectivity index (χ0) is 22.5. The number of halogens is 3. The molecule has 0 radical (unpaired) electrons. The number of hydrogen-bond acceptors (Lipinski definition) is 4. The largest absolute Gasteiger partial charge is 0.573 e. The molecule has 170 valence electrons. The molecular formula is C21H24F3O6P. The maximum absolute atomic E-state index is 12.2. The van der Waals surface area contributed by atoms with Crippen molar-refractivity contribution in [1.29, 1.82) is 0 Å². The Morgan fingerprint density at radius 1 is 0.968 bits per heavy atom. The fourth-order valence-electron chi connectivity index (χ4n) is 3.71. The van der Waals surface area contributed by atoms with Crippen LogP contribution < -0.4 is 9.47 Å². The third-order valence-electron chi connectivity index (χ3n) is 5.19. The van der Waals surface area contributed by atoms with Gasteiger partial charge in [-0.25, -0.2) is 4.57 Å². The van der Waals surface area contributed by atoms with Gasteiger partial charge >= 0.3 is 14.2 Å². The van der Waals surface area contributed by atoms with Crippen molar-refractivity contribution in [2.24, 2.45) is 5.92 Å². The van der Waals surface area contributed by atoms with Gasteiger partial charge in [0.1, 0.15) is 11.5 Å². The number of ether oxygens (including phenoxy) is 2. The van der Waals surface area contributed by atoms with Gasteiger partial charge in [0.2, 0.25) is 0 Å². The standard InChI is InChI=1S/C21H24F3O6P/c22-21(23,24)30-20-7-2-15(3-8-20)11-12-28-19-9-5-17(6-10-19)18-4-1-16(13-18)14-29-31(25,26)27/h2-3,5-10,16,18H,1,4,11-14H2,(H2,25,26,27). The average Bonchev–Trinajstić information content (AvgIpc) is 3.16. The van der Waals surface area contributed by atoms with Crippen LogP contribution in [-0.4, -0.2) is 29.4 Å². The van der Waals surface area contributed by atoms with Crippen molar-refractivity contribution in [3.05, 3.63) is 59.7 Å². The zero-order valence-corrected chi connectivity index (χ0v) is 17.5. The summed E-state index contributed by atoms with van der Waals surface area (Å²) in [7, 11) is -4.43. The van der Waals surface area contributed by atoms with E-state index >= 15 is 0 Å². The summed E-state index contributed by atoms with van der Waals surface area (Å²) in [5, 5.41) is 0. The van der Waals surface area contributed by atoms with Crippen molar-refractivity contribution in [1.82, 2.24) is 0 Å². The molecule has 2 unspecified atom stereocenters. The van der Waals surface area contributed by atoms with E-state index in [1.54, 1.807) is 12.1 Å². The molecule has 0 heterocycles. The SMILES string of the molecule is O=P(O)(O)OCC1CCC(c2ccc(OCCc3ccc(OC(F)(F)F)cc3)cc2)C1. The molecule has 0 aliphatic heterocycles. The predicted molar refractivity (Wildman–Crippen MR) is 107 cm³/mol. The fraction of sp³-hybridized carbons (Fsp3) is 0.429. The smallest absolute Gasteiger partial charge is 0.493 e. The quantitative estimate of drug-likeness (QED) is 0.501. The maximum atomic E-state index is 12.2. The van der Waals surface area contributed by atoms with Gasteiger partial charge in [-0.05, 0) is 66.5 Å². The lowest BCUT2D eigenvalue weighted by Gasteiger charge is -2.13. The molecule has 0 spiro atoms. The van der Waals surface area contributed by atoms with Gasteiger partial charge in [0, 0.05) is 6.42 Å². The minimum atomic E-state index is -4.70. The molecule has 1 saturated carbocycles. The first-order valence-electron chi connectivity index (χ1n) is 9.85. The van der Waals surface area contributed by atoms with Gasteiger partial charge in [-0.1, -0.05) is 24.3 Å². The fourth-order valence-corrected chi connectivity index (χ4v) is 4.12. The second-order valence-corrected chi connectivity index (χ2v) is 8.76. The average molecular weight is 460 g/mol. The molecule has 1 aliphatic carbocycles. The van der Waals surface area contributed by atoms with Crippen molar-refractivity contribution in [3.63, 3.8) is 0 Å². The van der Waals surface area contributed by atoms with E-state index in [9.17, 15) is 17.7 Å². The molecule has 2 aromatic carbocycles. The first kappa shape index (κ1) is 23.6. The molecule has 2 N–H and O–H groups in total. The number of alkyl halides is 3. The zero-order valence-electron chi connectivity index (χ0n) is 16.6. The Labute approximate surface area is 178 Å². The molecule has 3 rings (SSSR count). The van der Waals surface area contributed by atoms with Crippen LogP contribution in [0.1, 0.15) is 36.3 Å². The molecule has 6 nitrogen and oxygen atoms in total. The van der Waals surface area contributed by atoms with Crippen LogP contribution in [0.2, 0.25) is 0 Å². The Morgan fingerprint density at radius 3 is 2.23 bits per heavy atom. The molecule has 10 heteroatoms. The van der Waals surface area contributed by atoms with Crippen molar-refractivity contribution < 1.29 is 41.5 Å². The summed E-state index contributed by atoms with van der Waals surface area (Å²) in [5.74, 6) is 0.883. The second kappa shape index (κ2) is 10.0. The summed E-state index contributed by atoms with van der Waals surface area (Å²) in [4.78, 5) is 17.6. The highest BCUT2D eigenvalue weighted by Crippen LogP contribution is 2.42. The van der Waals surface area contributed by atoms with Crippen LogP contribution in [0, 0.1) is 5.92 Å². The van der Waals surface area contributed by atoms with Gasteiger partial charge in [0.05, 0.1) is 13.2 Å². The van der Waals surface area contributed by atoms with E-state index in [0.717, 1.165) is 30.4 Å². The molecule has 1 aliphatic rings. The van der Waals surface area contributed by atoms with E-state index < -0.39 is 14.2 Å². The van der Waals surface area contributed by atoms with Crippen LogP contribution in [0.25, 0.3) is 0 Å². The summed E-state index contributed by atoms with van der Waals surface area (Å²) in [6.07, 6.45) is -1.56. The topological polar surface area (TPSA) is 85.2 Å². The first-order chi connectivity index (χ1) is 14.6.